The second-order valence-corrected chi connectivity index (χ2v) is 5.19. The molecule has 0 aromatic heterocycles. The largest absolute Gasteiger partial charge is 0.481 e. The van der Waals surface area contributed by atoms with Crippen LogP contribution in [0.25, 0.3) is 0 Å². The van der Waals surface area contributed by atoms with E-state index in [0.717, 1.165) is 6.42 Å². The number of rotatable bonds is 5. The second-order valence-electron chi connectivity index (χ2n) is 4.75. The Morgan fingerprint density at radius 3 is 2.33 bits per heavy atom. The number of halogens is 1. The van der Waals surface area contributed by atoms with Gasteiger partial charge in [0.25, 0.3) is 5.91 Å². The predicted molar refractivity (Wildman–Crippen MR) is 86.0 cm³/mol. The fourth-order valence-corrected chi connectivity index (χ4v) is 1.96. The van der Waals surface area contributed by atoms with Crippen molar-refractivity contribution in [2.24, 2.45) is 0 Å². The van der Waals surface area contributed by atoms with Crippen molar-refractivity contribution in [3.05, 3.63) is 59.1 Å². The molecule has 0 radical (unpaired) electrons. The molecule has 0 aliphatic carbocycles. The zero-order valence-corrected chi connectivity index (χ0v) is 12.9. The molecule has 0 heterocycles. The third-order valence-electron chi connectivity index (χ3n) is 3.13. The zero-order valence-electron chi connectivity index (χ0n) is 12.1. The maximum Gasteiger partial charge on any atom is 0.265 e. The van der Waals surface area contributed by atoms with Gasteiger partial charge < -0.3 is 10.1 Å². The molecule has 2 aromatic carbocycles. The number of nitrogens with one attached hydrogen (secondary N) is 1. The molecule has 0 unspecified atom stereocenters. The lowest BCUT2D eigenvalue weighted by atomic mass is 10.2. The van der Waals surface area contributed by atoms with Gasteiger partial charge in [-0.3, -0.25) is 4.79 Å². The Kier molecular flexibility index (Phi) is 5.23. The van der Waals surface area contributed by atoms with Gasteiger partial charge >= 0.3 is 0 Å². The summed E-state index contributed by atoms with van der Waals surface area (Å²) >= 11 is 5.81. The first-order valence-corrected chi connectivity index (χ1v) is 7.28. The fourth-order valence-electron chi connectivity index (χ4n) is 1.84. The average Bonchev–Trinajstić information content (AvgIpc) is 2.50. The van der Waals surface area contributed by atoms with E-state index in [0.29, 0.717) is 16.5 Å². The maximum absolute atomic E-state index is 12.1. The van der Waals surface area contributed by atoms with E-state index in [9.17, 15) is 4.79 Å². The van der Waals surface area contributed by atoms with Crippen molar-refractivity contribution in [1.82, 2.24) is 0 Å². The molecular formula is C17H18ClNO2. The summed E-state index contributed by atoms with van der Waals surface area (Å²) in [6, 6.07) is 14.7. The summed E-state index contributed by atoms with van der Waals surface area (Å²) in [7, 11) is 0. The van der Waals surface area contributed by atoms with Crippen molar-refractivity contribution in [2.45, 2.75) is 26.4 Å². The molecule has 0 bridgehead atoms. The van der Waals surface area contributed by atoms with Gasteiger partial charge in [-0.1, -0.05) is 30.7 Å². The maximum atomic E-state index is 12.1. The molecule has 0 aliphatic rings. The Morgan fingerprint density at radius 1 is 1.14 bits per heavy atom. The van der Waals surface area contributed by atoms with Gasteiger partial charge in [0.15, 0.2) is 6.10 Å². The summed E-state index contributed by atoms with van der Waals surface area (Å²) in [5.74, 6) is 0.489. The van der Waals surface area contributed by atoms with E-state index >= 15 is 0 Å². The van der Waals surface area contributed by atoms with Gasteiger partial charge in [-0.15, -0.1) is 0 Å². The Morgan fingerprint density at radius 2 is 1.76 bits per heavy atom. The number of aryl methyl sites for hydroxylation is 1. The molecule has 0 saturated heterocycles. The summed E-state index contributed by atoms with van der Waals surface area (Å²) in [6.07, 6.45) is 0.403. The van der Waals surface area contributed by atoms with Crippen molar-refractivity contribution in [1.29, 1.82) is 0 Å². The number of hydrogen-bond acceptors (Lipinski definition) is 2. The molecule has 1 N–H and O–H groups in total. The summed E-state index contributed by atoms with van der Waals surface area (Å²) in [4.78, 5) is 12.1. The Balaban J connectivity index is 1.93. The first kappa shape index (κ1) is 15.4. The van der Waals surface area contributed by atoms with Gasteiger partial charge in [0.1, 0.15) is 5.75 Å². The topological polar surface area (TPSA) is 38.3 Å². The van der Waals surface area contributed by atoms with Crippen LogP contribution in [0.5, 0.6) is 5.75 Å². The highest BCUT2D eigenvalue weighted by Gasteiger charge is 2.14. The molecule has 21 heavy (non-hydrogen) atoms. The van der Waals surface area contributed by atoms with Gasteiger partial charge in [-0.2, -0.15) is 0 Å². The predicted octanol–water partition coefficient (Wildman–Crippen LogP) is 4.31. The SMILES string of the molecule is CCc1ccc(O[C@H](C)C(=O)Nc2ccc(Cl)cc2)cc1. The van der Waals surface area contributed by atoms with Gasteiger partial charge in [0, 0.05) is 10.7 Å². The molecule has 0 spiro atoms. The molecule has 1 atom stereocenters. The first-order chi connectivity index (χ1) is 10.1. The summed E-state index contributed by atoms with van der Waals surface area (Å²) in [5.41, 5.74) is 1.93. The van der Waals surface area contributed by atoms with E-state index in [2.05, 4.69) is 12.2 Å². The molecule has 0 aliphatic heterocycles. The first-order valence-electron chi connectivity index (χ1n) is 6.90. The summed E-state index contributed by atoms with van der Waals surface area (Å²) < 4.78 is 5.63. The molecule has 0 saturated carbocycles. The van der Waals surface area contributed by atoms with E-state index in [1.807, 2.05) is 24.3 Å². The number of carbonyl (C=O) groups is 1. The van der Waals surface area contributed by atoms with Crippen molar-refractivity contribution >= 4 is 23.2 Å². The van der Waals surface area contributed by atoms with Crippen LogP contribution in [0.15, 0.2) is 48.5 Å². The third-order valence-corrected chi connectivity index (χ3v) is 3.38. The highest BCUT2D eigenvalue weighted by atomic mass is 35.5. The van der Waals surface area contributed by atoms with Crippen molar-refractivity contribution in [2.75, 3.05) is 5.32 Å². The number of carbonyl (C=O) groups excluding carboxylic acids is 1. The van der Waals surface area contributed by atoms with Crippen molar-refractivity contribution in [3.8, 4) is 5.75 Å². The highest BCUT2D eigenvalue weighted by molar-refractivity contribution is 6.30. The van der Waals surface area contributed by atoms with Crippen LogP contribution < -0.4 is 10.1 Å². The Bertz CT molecular complexity index is 593. The molecule has 3 nitrogen and oxygen atoms in total. The minimum atomic E-state index is -0.576. The third kappa shape index (κ3) is 4.50. The molecule has 4 heteroatoms. The van der Waals surface area contributed by atoms with E-state index in [-0.39, 0.29) is 5.91 Å². The van der Waals surface area contributed by atoms with E-state index < -0.39 is 6.10 Å². The monoisotopic (exact) mass is 303 g/mol. The molecule has 0 fully saturated rings. The molecular weight excluding hydrogens is 286 g/mol. The second kappa shape index (κ2) is 7.14. The van der Waals surface area contributed by atoms with E-state index in [1.165, 1.54) is 5.56 Å². The molecule has 2 aromatic rings. The van der Waals surface area contributed by atoms with Crippen LogP contribution in [-0.4, -0.2) is 12.0 Å². The van der Waals surface area contributed by atoms with Crippen LogP contribution in [0.2, 0.25) is 5.02 Å². The van der Waals surface area contributed by atoms with Crippen molar-refractivity contribution < 1.29 is 9.53 Å². The quantitative estimate of drug-likeness (QED) is 0.894. The smallest absolute Gasteiger partial charge is 0.265 e. The minimum absolute atomic E-state index is 0.197. The number of anilines is 1. The lowest BCUT2D eigenvalue weighted by Gasteiger charge is -2.15. The highest BCUT2D eigenvalue weighted by Crippen LogP contribution is 2.16. The zero-order chi connectivity index (χ0) is 15.2. The van der Waals surface area contributed by atoms with Crippen LogP contribution >= 0.6 is 11.6 Å². The molecule has 110 valence electrons. The van der Waals surface area contributed by atoms with Gasteiger partial charge in [0.05, 0.1) is 0 Å². The number of benzene rings is 2. The van der Waals surface area contributed by atoms with Crippen LogP contribution in [0.4, 0.5) is 5.69 Å². The lowest BCUT2D eigenvalue weighted by molar-refractivity contribution is -0.122. The van der Waals surface area contributed by atoms with E-state index in [1.54, 1.807) is 31.2 Å². The van der Waals surface area contributed by atoms with E-state index in [4.69, 9.17) is 16.3 Å². The number of amides is 1. The lowest BCUT2D eigenvalue weighted by Crippen LogP contribution is -2.30. The normalized spacial score (nSPS) is 11.8. The van der Waals surface area contributed by atoms with Crippen LogP contribution in [0.3, 0.4) is 0 Å². The standard InChI is InChI=1S/C17H18ClNO2/c1-3-13-4-10-16(11-5-13)21-12(2)17(20)19-15-8-6-14(18)7-9-15/h4-12H,3H2,1-2H3,(H,19,20)/t12-/m1/s1. The summed E-state index contributed by atoms with van der Waals surface area (Å²) in [6.45, 7) is 3.82. The molecule has 2 rings (SSSR count). The number of ether oxygens (including phenoxy) is 1. The average molecular weight is 304 g/mol. The van der Waals surface area contributed by atoms with Gasteiger partial charge in [0.2, 0.25) is 0 Å². The Hall–Kier alpha value is -2.00. The van der Waals surface area contributed by atoms with Crippen LogP contribution in [0.1, 0.15) is 19.4 Å². The van der Waals surface area contributed by atoms with Gasteiger partial charge in [-0.25, -0.2) is 0 Å². The Labute approximate surface area is 129 Å². The van der Waals surface area contributed by atoms with Gasteiger partial charge in [-0.05, 0) is 55.3 Å². The fraction of sp³-hybridized carbons (Fsp3) is 0.235. The number of hydrogen-bond donors (Lipinski definition) is 1. The minimum Gasteiger partial charge on any atom is -0.481 e. The molecule has 1 amide bonds. The van der Waals surface area contributed by atoms with Crippen molar-refractivity contribution in [3.63, 3.8) is 0 Å². The summed E-state index contributed by atoms with van der Waals surface area (Å²) in [5, 5.41) is 3.42. The van der Waals surface area contributed by atoms with Crippen LogP contribution in [0, 0.1) is 0 Å². The van der Waals surface area contributed by atoms with Crippen LogP contribution in [-0.2, 0) is 11.2 Å².